The standard InChI is InChI=1S/C11H23N3O3.ClH/c1-4-13-10(15)8-14(5-2)11(16)6-9(7-12)17-3;/h9H,4-8,12H2,1-3H3,(H,13,15);1H. The van der Waals surface area contributed by atoms with Gasteiger partial charge in [0, 0.05) is 26.7 Å². The molecule has 1 unspecified atom stereocenters. The van der Waals surface area contributed by atoms with E-state index in [-0.39, 0.29) is 43.3 Å². The number of hydrogen-bond donors (Lipinski definition) is 2. The van der Waals surface area contributed by atoms with Crippen molar-refractivity contribution in [3.8, 4) is 0 Å². The number of carbonyl (C=O) groups is 2. The van der Waals surface area contributed by atoms with Crippen LogP contribution in [0.3, 0.4) is 0 Å². The van der Waals surface area contributed by atoms with Gasteiger partial charge in [0.15, 0.2) is 0 Å². The molecule has 0 radical (unpaired) electrons. The Hall–Kier alpha value is -0.850. The van der Waals surface area contributed by atoms with Crippen molar-refractivity contribution < 1.29 is 14.3 Å². The van der Waals surface area contributed by atoms with Gasteiger partial charge >= 0.3 is 0 Å². The number of amides is 2. The molecule has 0 aromatic heterocycles. The van der Waals surface area contributed by atoms with Crippen LogP contribution in [0.25, 0.3) is 0 Å². The van der Waals surface area contributed by atoms with Crippen LogP contribution in [0, 0.1) is 0 Å². The van der Waals surface area contributed by atoms with E-state index < -0.39 is 0 Å². The molecule has 0 saturated heterocycles. The number of rotatable bonds is 8. The van der Waals surface area contributed by atoms with Gasteiger partial charge in [0.05, 0.1) is 19.1 Å². The molecule has 0 heterocycles. The molecule has 1 atom stereocenters. The maximum atomic E-state index is 11.9. The third kappa shape index (κ3) is 7.47. The molecule has 2 amide bonds. The Kier molecular flexibility index (Phi) is 12.2. The molecule has 18 heavy (non-hydrogen) atoms. The molecule has 0 fully saturated rings. The molecular weight excluding hydrogens is 258 g/mol. The summed E-state index contributed by atoms with van der Waals surface area (Å²) in [6.45, 7) is 5.11. The highest BCUT2D eigenvalue weighted by molar-refractivity contribution is 5.85. The fourth-order valence-electron chi connectivity index (χ4n) is 1.39. The van der Waals surface area contributed by atoms with Gasteiger partial charge in [-0.25, -0.2) is 0 Å². The van der Waals surface area contributed by atoms with Gasteiger partial charge in [-0.3, -0.25) is 9.59 Å². The summed E-state index contributed by atoms with van der Waals surface area (Å²) in [6.07, 6.45) is -0.0777. The largest absolute Gasteiger partial charge is 0.380 e. The fourth-order valence-corrected chi connectivity index (χ4v) is 1.39. The lowest BCUT2D eigenvalue weighted by atomic mass is 10.2. The fraction of sp³-hybridized carbons (Fsp3) is 0.818. The summed E-state index contributed by atoms with van der Waals surface area (Å²) < 4.78 is 5.04. The smallest absolute Gasteiger partial charge is 0.239 e. The Balaban J connectivity index is 0. The monoisotopic (exact) mass is 281 g/mol. The molecule has 108 valence electrons. The highest BCUT2D eigenvalue weighted by Gasteiger charge is 2.18. The van der Waals surface area contributed by atoms with Gasteiger partial charge < -0.3 is 20.7 Å². The van der Waals surface area contributed by atoms with E-state index in [1.54, 1.807) is 0 Å². The molecule has 6 nitrogen and oxygen atoms in total. The maximum absolute atomic E-state index is 11.9. The van der Waals surface area contributed by atoms with E-state index in [9.17, 15) is 9.59 Å². The number of ether oxygens (including phenoxy) is 1. The first-order chi connectivity index (χ1) is 8.08. The minimum Gasteiger partial charge on any atom is -0.380 e. The van der Waals surface area contributed by atoms with Gasteiger partial charge in [-0.15, -0.1) is 12.4 Å². The third-order valence-electron chi connectivity index (χ3n) is 2.44. The zero-order chi connectivity index (χ0) is 13.3. The maximum Gasteiger partial charge on any atom is 0.239 e. The van der Waals surface area contributed by atoms with E-state index in [0.29, 0.717) is 19.6 Å². The van der Waals surface area contributed by atoms with Gasteiger partial charge in [0.1, 0.15) is 0 Å². The summed E-state index contributed by atoms with van der Waals surface area (Å²) in [5.41, 5.74) is 5.45. The van der Waals surface area contributed by atoms with Crippen molar-refractivity contribution in [3.63, 3.8) is 0 Å². The Labute approximate surface area is 115 Å². The molecular formula is C11H24ClN3O3. The lowest BCUT2D eigenvalue weighted by Crippen LogP contribution is -2.42. The molecule has 0 aromatic rings. The molecule has 0 aliphatic heterocycles. The van der Waals surface area contributed by atoms with Crippen LogP contribution in [0.5, 0.6) is 0 Å². The average molecular weight is 282 g/mol. The SMILES string of the molecule is CCNC(=O)CN(CC)C(=O)CC(CN)OC.Cl. The normalized spacial score (nSPS) is 11.3. The Bertz CT molecular complexity index is 248. The Morgan fingerprint density at radius 2 is 2.00 bits per heavy atom. The predicted octanol–water partition coefficient (Wildman–Crippen LogP) is -0.243. The first-order valence-corrected chi connectivity index (χ1v) is 5.86. The highest BCUT2D eigenvalue weighted by Crippen LogP contribution is 2.01. The number of nitrogens with zero attached hydrogens (tertiary/aromatic N) is 1. The number of likely N-dealkylation sites (N-methyl/N-ethyl adjacent to an activating group) is 2. The molecule has 0 bridgehead atoms. The van der Waals surface area contributed by atoms with Crippen LogP contribution in [0.1, 0.15) is 20.3 Å². The van der Waals surface area contributed by atoms with Crippen molar-refractivity contribution >= 4 is 24.2 Å². The predicted molar refractivity (Wildman–Crippen MR) is 72.7 cm³/mol. The van der Waals surface area contributed by atoms with Gasteiger partial charge in [0.2, 0.25) is 11.8 Å². The second-order valence-electron chi connectivity index (χ2n) is 3.66. The molecule has 0 rings (SSSR count). The van der Waals surface area contributed by atoms with E-state index in [1.165, 1.54) is 12.0 Å². The van der Waals surface area contributed by atoms with Crippen LogP contribution in [-0.4, -0.2) is 56.1 Å². The number of carbonyl (C=O) groups excluding carboxylic acids is 2. The quantitative estimate of drug-likeness (QED) is 0.643. The summed E-state index contributed by atoms with van der Waals surface area (Å²) in [4.78, 5) is 24.7. The molecule has 7 heteroatoms. The van der Waals surface area contributed by atoms with Crippen molar-refractivity contribution in [1.29, 1.82) is 0 Å². The summed E-state index contributed by atoms with van der Waals surface area (Å²) in [7, 11) is 1.52. The van der Waals surface area contributed by atoms with Crippen molar-refractivity contribution in [3.05, 3.63) is 0 Å². The number of nitrogens with one attached hydrogen (secondary N) is 1. The second kappa shape index (κ2) is 11.3. The Morgan fingerprint density at radius 3 is 2.39 bits per heavy atom. The van der Waals surface area contributed by atoms with Crippen molar-refractivity contribution in [2.75, 3.05) is 33.3 Å². The van der Waals surface area contributed by atoms with Crippen molar-refractivity contribution in [1.82, 2.24) is 10.2 Å². The van der Waals surface area contributed by atoms with Crippen molar-refractivity contribution in [2.24, 2.45) is 5.73 Å². The zero-order valence-electron chi connectivity index (χ0n) is 11.3. The van der Waals surface area contributed by atoms with Gasteiger partial charge in [0.25, 0.3) is 0 Å². The third-order valence-corrected chi connectivity index (χ3v) is 2.44. The number of halogens is 1. The molecule has 0 aromatic carbocycles. The summed E-state index contributed by atoms with van der Waals surface area (Å²) in [6, 6.07) is 0. The van der Waals surface area contributed by atoms with Crippen LogP contribution in [0.15, 0.2) is 0 Å². The topological polar surface area (TPSA) is 84.7 Å². The number of hydrogen-bond acceptors (Lipinski definition) is 4. The molecule has 3 N–H and O–H groups in total. The minimum atomic E-state index is -0.286. The van der Waals surface area contributed by atoms with E-state index in [0.717, 1.165) is 0 Å². The highest BCUT2D eigenvalue weighted by atomic mass is 35.5. The van der Waals surface area contributed by atoms with Crippen LogP contribution in [-0.2, 0) is 14.3 Å². The second-order valence-corrected chi connectivity index (χ2v) is 3.66. The number of nitrogens with two attached hydrogens (primary N) is 1. The van der Waals surface area contributed by atoms with Gasteiger partial charge in [-0.2, -0.15) is 0 Å². The van der Waals surface area contributed by atoms with Crippen molar-refractivity contribution in [2.45, 2.75) is 26.4 Å². The number of methoxy groups -OCH3 is 1. The van der Waals surface area contributed by atoms with Crippen LogP contribution >= 0.6 is 12.4 Å². The minimum absolute atomic E-state index is 0. The summed E-state index contributed by atoms with van der Waals surface area (Å²) in [5.74, 6) is -0.263. The van der Waals surface area contributed by atoms with Crippen LogP contribution < -0.4 is 11.1 Å². The van der Waals surface area contributed by atoms with Gasteiger partial charge in [-0.1, -0.05) is 0 Å². The molecule has 0 aliphatic rings. The summed E-state index contributed by atoms with van der Waals surface area (Å²) in [5, 5.41) is 2.66. The van der Waals surface area contributed by atoms with Crippen LogP contribution in [0.4, 0.5) is 0 Å². The lowest BCUT2D eigenvalue weighted by Gasteiger charge is -2.22. The van der Waals surface area contributed by atoms with E-state index in [1.807, 2.05) is 13.8 Å². The summed E-state index contributed by atoms with van der Waals surface area (Å²) >= 11 is 0. The molecule has 0 aliphatic carbocycles. The molecule has 0 saturated carbocycles. The van der Waals surface area contributed by atoms with Gasteiger partial charge in [-0.05, 0) is 13.8 Å². The average Bonchev–Trinajstić information content (AvgIpc) is 2.32. The first kappa shape index (κ1) is 19.5. The van der Waals surface area contributed by atoms with E-state index >= 15 is 0 Å². The molecule has 0 spiro atoms. The van der Waals surface area contributed by atoms with E-state index in [2.05, 4.69) is 5.32 Å². The van der Waals surface area contributed by atoms with E-state index in [4.69, 9.17) is 10.5 Å². The zero-order valence-corrected chi connectivity index (χ0v) is 12.1. The Morgan fingerprint density at radius 1 is 1.39 bits per heavy atom. The lowest BCUT2D eigenvalue weighted by molar-refractivity contribution is -0.137. The first-order valence-electron chi connectivity index (χ1n) is 5.86. The van der Waals surface area contributed by atoms with Crippen LogP contribution in [0.2, 0.25) is 0 Å².